The molecule has 1 heterocycles. The topological polar surface area (TPSA) is 79.3 Å². The summed E-state index contributed by atoms with van der Waals surface area (Å²) in [6.45, 7) is 3.96. The van der Waals surface area contributed by atoms with E-state index < -0.39 is 5.97 Å². The van der Waals surface area contributed by atoms with Gasteiger partial charge in [0.2, 0.25) is 0 Å². The van der Waals surface area contributed by atoms with Gasteiger partial charge in [-0.3, -0.25) is 4.79 Å². The Morgan fingerprint density at radius 1 is 1.53 bits per heavy atom. The molecule has 1 aromatic rings. The maximum Gasteiger partial charge on any atom is 0.355 e. The minimum Gasteiger partial charge on any atom is -0.476 e. The fourth-order valence-electron chi connectivity index (χ4n) is 1.73. The van der Waals surface area contributed by atoms with Gasteiger partial charge in [0.25, 0.3) is 5.91 Å². The van der Waals surface area contributed by atoms with Crippen molar-refractivity contribution in [1.29, 1.82) is 0 Å². The third-order valence-electron chi connectivity index (χ3n) is 2.95. The highest BCUT2D eigenvalue weighted by molar-refractivity contribution is 7.11. The first-order valence-corrected chi connectivity index (χ1v) is 6.29. The number of thiazole rings is 1. The van der Waals surface area contributed by atoms with Gasteiger partial charge in [0.1, 0.15) is 0 Å². The highest BCUT2D eigenvalue weighted by Gasteiger charge is 2.39. The van der Waals surface area contributed by atoms with Gasteiger partial charge >= 0.3 is 5.97 Å². The normalized spacial score (nSPS) is 15.6. The number of hydrogen-bond acceptors (Lipinski definition) is 4. The largest absolute Gasteiger partial charge is 0.476 e. The van der Waals surface area contributed by atoms with Gasteiger partial charge in [0.15, 0.2) is 10.7 Å². The number of amides is 1. The number of carbonyl (C=O) groups is 2. The molecule has 0 saturated heterocycles. The van der Waals surface area contributed by atoms with Gasteiger partial charge in [-0.1, -0.05) is 0 Å². The maximum atomic E-state index is 11.9. The first-order chi connectivity index (χ1) is 7.90. The Balaban J connectivity index is 2.06. The number of carbonyl (C=O) groups excluding carboxylic acids is 1. The Bertz CT molecular complexity index is 463. The van der Waals surface area contributed by atoms with Crippen LogP contribution in [-0.2, 0) is 0 Å². The first-order valence-electron chi connectivity index (χ1n) is 5.41. The summed E-state index contributed by atoms with van der Waals surface area (Å²) in [4.78, 5) is 26.3. The molecule has 1 aromatic heterocycles. The van der Waals surface area contributed by atoms with E-state index in [1.807, 2.05) is 13.8 Å². The number of aromatic carboxylic acids is 1. The van der Waals surface area contributed by atoms with E-state index in [1.165, 1.54) is 5.38 Å². The first kappa shape index (κ1) is 12.0. The summed E-state index contributed by atoms with van der Waals surface area (Å²) in [5, 5.41) is 13.2. The van der Waals surface area contributed by atoms with Crippen LogP contribution in [0.25, 0.3) is 0 Å². The van der Waals surface area contributed by atoms with Gasteiger partial charge < -0.3 is 10.4 Å². The van der Waals surface area contributed by atoms with Crippen LogP contribution in [0.5, 0.6) is 0 Å². The van der Waals surface area contributed by atoms with Crippen LogP contribution in [0.15, 0.2) is 5.38 Å². The van der Waals surface area contributed by atoms with E-state index >= 15 is 0 Å². The molecule has 1 fully saturated rings. The summed E-state index contributed by atoms with van der Waals surface area (Å²) >= 11 is 1.05. The summed E-state index contributed by atoms with van der Waals surface area (Å²) in [6.07, 6.45) is 2.26. The molecule has 92 valence electrons. The SMILES string of the molecule is CC(C)(NC(=O)c1nc(C(=O)O)cs1)C1CC1. The lowest BCUT2D eigenvalue weighted by Gasteiger charge is -2.25. The lowest BCUT2D eigenvalue weighted by molar-refractivity contribution is 0.0691. The number of nitrogens with zero attached hydrogens (tertiary/aromatic N) is 1. The Morgan fingerprint density at radius 2 is 2.18 bits per heavy atom. The Labute approximate surface area is 103 Å². The predicted molar refractivity (Wildman–Crippen MR) is 63.3 cm³/mol. The summed E-state index contributed by atoms with van der Waals surface area (Å²) in [5.74, 6) is -0.883. The van der Waals surface area contributed by atoms with Crippen LogP contribution in [-0.4, -0.2) is 27.5 Å². The van der Waals surface area contributed by atoms with Gasteiger partial charge in [-0.2, -0.15) is 0 Å². The third-order valence-corrected chi connectivity index (χ3v) is 3.79. The van der Waals surface area contributed by atoms with Gasteiger partial charge in [-0.05, 0) is 32.6 Å². The molecule has 2 N–H and O–H groups in total. The molecule has 5 nitrogen and oxygen atoms in total. The molecule has 1 aliphatic rings. The van der Waals surface area contributed by atoms with Crippen LogP contribution in [0.1, 0.15) is 47.0 Å². The molecule has 0 radical (unpaired) electrons. The van der Waals surface area contributed by atoms with Gasteiger partial charge in [-0.15, -0.1) is 11.3 Å². The lowest BCUT2D eigenvalue weighted by atomic mass is 9.99. The number of rotatable bonds is 4. The number of aromatic nitrogens is 1. The molecule has 1 amide bonds. The van der Waals surface area contributed by atoms with Crippen molar-refractivity contribution >= 4 is 23.2 Å². The molecule has 1 saturated carbocycles. The standard InChI is InChI=1S/C11H14N2O3S/c1-11(2,6-3-4-6)13-8(14)9-12-7(5-17-9)10(15)16/h5-6H,3-4H2,1-2H3,(H,13,14)(H,15,16). The van der Waals surface area contributed by atoms with E-state index in [1.54, 1.807) is 0 Å². The second kappa shape index (κ2) is 4.10. The van der Waals surface area contributed by atoms with Crippen molar-refractivity contribution in [2.24, 2.45) is 5.92 Å². The van der Waals surface area contributed by atoms with Crippen LogP contribution in [0.4, 0.5) is 0 Å². The average molecular weight is 254 g/mol. The molecule has 0 unspecified atom stereocenters. The predicted octanol–water partition coefficient (Wildman–Crippen LogP) is 1.76. The van der Waals surface area contributed by atoms with Crippen molar-refractivity contribution in [2.75, 3.05) is 0 Å². The molecule has 6 heteroatoms. The quantitative estimate of drug-likeness (QED) is 0.858. The van der Waals surface area contributed by atoms with E-state index in [0.717, 1.165) is 24.2 Å². The summed E-state index contributed by atoms with van der Waals surface area (Å²) < 4.78 is 0. The highest BCUT2D eigenvalue weighted by Crippen LogP contribution is 2.39. The lowest BCUT2D eigenvalue weighted by Crippen LogP contribution is -2.45. The van der Waals surface area contributed by atoms with Crippen molar-refractivity contribution in [3.8, 4) is 0 Å². The fourth-order valence-corrected chi connectivity index (χ4v) is 2.42. The molecule has 0 spiro atoms. The number of hydrogen-bond donors (Lipinski definition) is 2. The molecule has 0 bridgehead atoms. The second-order valence-electron chi connectivity index (χ2n) is 4.79. The van der Waals surface area contributed by atoms with E-state index in [4.69, 9.17) is 5.11 Å². The molecule has 0 aromatic carbocycles. The van der Waals surface area contributed by atoms with E-state index in [9.17, 15) is 9.59 Å². The molecule has 17 heavy (non-hydrogen) atoms. The van der Waals surface area contributed by atoms with Crippen molar-refractivity contribution in [3.05, 3.63) is 16.1 Å². The zero-order valence-corrected chi connectivity index (χ0v) is 10.5. The van der Waals surface area contributed by atoms with E-state index in [0.29, 0.717) is 5.92 Å². The molecule has 0 atom stereocenters. The van der Waals surface area contributed by atoms with Gasteiger partial charge in [0.05, 0.1) is 0 Å². The zero-order chi connectivity index (χ0) is 12.6. The minimum absolute atomic E-state index is 0.0793. The average Bonchev–Trinajstić information content (AvgIpc) is 2.95. The van der Waals surface area contributed by atoms with Crippen molar-refractivity contribution in [2.45, 2.75) is 32.2 Å². The molecular weight excluding hydrogens is 240 g/mol. The van der Waals surface area contributed by atoms with Gasteiger partial charge in [0, 0.05) is 10.9 Å². The Morgan fingerprint density at radius 3 is 2.65 bits per heavy atom. The van der Waals surface area contributed by atoms with Crippen molar-refractivity contribution in [1.82, 2.24) is 10.3 Å². The monoisotopic (exact) mass is 254 g/mol. The van der Waals surface area contributed by atoms with Crippen LogP contribution >= 0.6 is 11.3 Å². The van der Waals surface area contributed by atoms with Crippen LogP contribution in [0.3, 0.4) is 0 Å². The fraction of sp³-hybridized carbons (Fsp3) is 0.545. The van der Waals surface area contributed by atoms with Crippen LogP contribution in [0, 0.1) is 5.92 Å². The summed E-state index contributed by atoms with van der Waals surface area (Å²) in [5.41, 5.74) is -0.323. The summed E-state index contributed by atoms with van der Waals surface area (Å²) in [7, 11) is 0. The smallest absolute Gasteiger partial charge is 0.355 e. The number of carboxylic acid groups (broad SMARTS) is 1. The number of nitrogens with one attached hydrogen (secondary N) is 1. The van der Waals surface area contributed by atoms with Crippen molar-refractivity contribution in [3.63, 3.8) is 0 Å². The highest BCUT2D eigenvalue weighted by atomic mass is 32.1. The third kappa shape index (κ3) is 2.63. The zero-order valence-electron chi connectivity index (χ0n) is 9.69. The molecular formula is C11H14N2O3S. The van der Waals surface area contributed by atoms with Gasteiger partial charge in [-0.25, -0.2) is 9.78 Å². The Kier molecular flexibility index (Phi) is 2.91. The number of carboxylic acids is 1. The second-order valence-corrected chi connectivity index (χ2v) is 5.65. The molecule has 0 aliphatic heterocycles. The minimum atomic E-state index is -1.11. The summed E-state index contributed by atoms with van der Waals surface area (Å²) in [6, 6.07) is 0. The van der Waals surface area contributed by atoms with E-state index in [2.05, 4.69) is 10.3 Å². The molecule has 1 aliphatic carbocycles. The van der Waals surface area contributed by atoms with Crippen LogP contribution < -0.4 is 5.32 Å². The van der Waals surface area contributed by atoms with E-state index in [-0.39, 0.29) is 22.1 Å². The van der Waals surface area contributed by atoms with Crippen molar-refractivity contribution < 1.29 is 14.7 Å². The molecule has 2 rings (SSSR count). The Hall–Kier alpha value is -1.43. The maximum absolute atomic E-state index is 11.9. The van der Waals surface area contributed by atoms with Crippen LogP contribution in [0.2, 0.25) is 0 Å².